The summed E-state index contributed by atoms with van der Waals surface area (Å²) in [5.41, 5.74) is 3.52. The molecule has 1 aromatic rings. The van der Waals surface area contributed by atoms with Gasteiger partial charge in [-0.1, -0.05) is 12.1 Å². The number of hydrogen-bond donors (Lipinski definition) is 2. The van der Waals surface area contributed by atoms with E-state index in [1.807, 2.05) is 32.9 Å². The van der Waals surface area contributed by atoms with Crippen LogP contribution in [0, 0.1) is 20.8 Å². The van der Waals surface area contributed by atoms with Crippen LogP contribution in [0.1, 0.15) is 43.0 Å². The number of alkyl carbamates (subject to hydrolysis) is 1. The molecule has 0 aliphatic rings. The summed E-state index contributed by atoms with van der Waals surface area (Å²) in [5.74, 6) is -1.08. The van der Waals surface area contributed by atoms with E-state index in [1.165, 1.54) is 0 Å². The van der Waals surface area contributed by atoms with Crippen molar-refractivity contribution in [3.8, 4) is 0 Å². The van der Waals surface area contributed by atoms with Gasteiger partial charge in [-0.3, -0.25) is 0 Å². The molecule has 0 heterocycles. The fourth-order valence-electron chi connectivity index (χ4n) is 2.11. The number of aryl methyl sites for hydroxylation is 3. The molecule has 122 valence electrons. The third-order valence-corrected chi connectivity index (χ3v) is 3.37. The zero-order valence-corrected chi connectivity index (χ0v) is 14.1. The summed E-state index contributed by atoms with van der Waals surface area (Å²) in [6.07, 6.45) is -0.497. The molecule has 0 spiro atoms. The predicted octanol–water partition coefficient (Wildman–Crippen LogP) is 3.13. The smallest absolute Gasteiger partial charge is 0.408 e. The van der Waals surface area contributed by atoms with E-state index in [1.54, 1.807) is 20.8 Å². The molecule has 0 aliphatic heterocycles. The van der Waals surface area contributed by atoms with Crippen LogP contribution >= 0.6 is 0 Å². The van der Waals surface area contributed by atoms with Crippen LogP contribution in [0.15, 0.2) is 12.1 Å². The molecule has 0 saturated heterocycles. The Kier molecular flexibility index (Phi) is 5.58. The predicted molar refractivity (Wildman–Crippen MR) is 85.2 cm³/mol. The van der Waals surface area contributed by atoms with E-state index in [0.29, 0.717) is 0 Å². The van der Waals surface area contributed by atoms with Gasteiger partial charge in [-0.2, -0.15) is 0 Å². The Hall–Kier alpha value is -2.04. The minimum atomic E-state index is -1.08. The Balaban J connectivity index is 2.88. The minimum absolute atomic E-state index is 0.224. The quantitative estimate of drug-likeness (QED) is 0.896. The van der Waals surface area contributed by atoms with Crippen molar-refractivity contribution >= 4 is 12.1 Å². The summed E-state index contributed by atoms with van der Waals surface area (Å²) in [5, 5.41) is 11.7. The normalized spacial score (nSPS) is 12.6. The maximum Gasteiger partial charge on any atom is 0.408 e. The molecular formula is C17H25NO4. The summed E-state index contributed by atoms with van der Waals surface area (Å²) >= 11 is 0. The lowest BCUT2D eigenvalue weighted by atomic mass is 9.96. The molecule has 0 saturated carbocycles. The van der Waals surface area contributed by atoms with E-state index >= 15 is 0 Å². The van der Waals surface area contributed by atoms with Gasteiger partial charge >= 0.3 is 12.1 Å². The number of aliphatic carboxylic acids is 1. The van der Waals surface area contributed by atoms with Gasteiger partial charge in [-0.15, -0.1) is 0 Å². The number of amides is 1. The molecule has 1 rings (SSSR count). The lowest BCUT2D eigenvalue weighted by Crippen LogP contribution is -2.44. The van der Waals surface area contributed by atoms with Gasteiger partial charge in [0.1, 0.15) is 11.6 Å². The number of hydrogen-bond acceptors (Lipinski definition) is 3. The molecule has 0 radical (unpaired) electrons. The summed E-state index contributed by atoms with van der Waals surface area (Å²) in [6.45, 7) is 11.1. The molecule has 0 aromatic heterocycles. The first-order valence-electron chi connectivity index (χ1n) is 7.28. The zero-order chi connectivity index (χ0) is 17.1. The fourth-order valence-corrected chi connectivity index (χ4v) is 2.11. The van der Waals surface area contributed by atoms with Gasteiger partial charge in [0.15, 0.2) is 0 Å². The average molecular weight is 307 g/mol. The molecule has 1 atom stereocenters. The highest BCUT2D eigenvalue weighted by molar-refractivity contribution is 5.80. The largest absolute Gasteiger partial charge is 0.480 e. The summed E-state index contributed by atoms with van der Waals surface area (Å²) in [7, 11) is 0. The number of nitrogens with one attached hydrogen (secondary N) is 1. The number of benzene rings is 1. The van der Waals surface area contributed by atoms with Crippen LogP contribution in [0.3, 0.4) is 0 Å². The average Bonchev–Trinajstić information content (AvgIpc) is 2.32. The van der Waals surface area contributed by atoms with Crippen LogP contribution in [-0.2, 0) is 16.0 Å². The van der Waals surface area contributed by atoms with Gasteiger partial charge in [0.2, 0.25) is 0 Å². The molecule has 5 nitrogen and oxygen atoms in total. The van der Waals surface area contributed by atoms with Crippen molar-refractivity contribution in [2.75, 3.05) is 0 Å². The van der Waals surface area contributed by atoms with Crippen LogP contribution in [0.25, 0.3) is 0 Å². The summed E-state index contributed by atoms with van der Waals surface area (Å²) < 4.78 is 5.12. The van der Waals surface area contributed by atoms with Crippen molar-refractivity contribution in [3.63, 3.8) is 0 Å². The van der Waals surface area contributed by atoms with Crippen molar-refractivity contribution in [2.24, 2.45) is 0 Å². The molecule has 0 aliphatic carbocycles. The van der Waals surface area contributed by atoms with Gasteiger partial charge in [-0.25, -0.2) is 9.59 Å². The molecule has 22 heavy (non-hydrogen) atoms. The highest BCUT2D eigenvalue weighted by Gasteiger charge is 2.24. The summed E-state index contributed by atoms with van der Waals surface area (Å²) in [4.78, 5) is 23.2. The lowest BCUT2D eigenvalue weighted by Gasteiger charge is -2.22. The van der Waals surface area contributed by atoms with Crippen molar-refractivity contribution < 1.29 is 19.4 Å². The van der Waals surface area contributed by atoms with Crippen LogP contribution in [0.5, 0.6) is 0 Å². The SMILES string of the molecule is Cc1cc(C)c(C[C@H](NC(=O)OC(C)(C)C)C(=O)O)cc1C. The van der Waals surface area contributed by atoms with E-state index in [2.05, 4.69) is 5.32 Å². The number of carboxylic acids is 1. The fraction of sp³-hybridized carbons (Fsp3) is 0.529. The second-order valence-corrected chi connectivity index (χ2v) is 6.60. The Bertz CT molecular complexity index is 573. The van der Waals surface area contributed by atoms with Crippen LogP contribution in [0.2, 0.25) is 0 Å². The second-order valence-electron chi connectivity index (χ2n) is 6.60. The first-order chi connectivity index (χ1) is 9.99. The van der Waals surface area contributed by atoms with Gasteiger partial charge in [-0.05, 0) is 63.8 Å². The van der Waals surface area contributed by atoms with Gasteiger partial charge in [0.25, 0.3) is 0 Å². The minimum Gasteiger partial charge on any atom is -0.480 e. The lowest BCUT2D eigenvalue weighted by molar-refractivity contribution is -0.139. The molecule has 0 fully saturated rings. The Morgan fingerprint density at radius 3 is 2.18 bits per heavy atom. The molecule has 2 N–H and O–H groups in total. The molecule has 0 bridgehead atoms. The van der Waals surface area contributed by atoms with Crippen molar-refractivity contribution in [1.82, 2.24) is 5.32 Å². The number of carbonyl (C=O) groups excluding carboxylic acids is 1. The van der Waals surface area contributed by atoms with Crippen molar-refractivity contribution in [1.29, 1.82) is 0 Å². The zero-order valence-electron chi connectivity index (χ0n) is 14.1. The third-order valence-electron chi connectivity index (χ3n) is 3.37. The van der Waals surface area contributed by atoms with Gasteiger partial charge in [0, 0.05) is 6.42 Å². The van der Waals surface area contributed by atoms with Crippen molar-refractivity contribution in [3.05, 3.63) is 34.4 Å². The first-order valence-corrected chi connectivity index (χ1v) is 7.28. The summed E-state index contributed by atoms with van der Waals surface area (Å²) in [6, 6.07) is 2.98. The molecule has 5 heteroatoms. The monoisotopic (exact) mass is 307 g/mol. The van der Waals surface area contributed by atoms with E-state index in [-0.39, 0.29) is 6.42 Å². The number of carbonyl (C=O) groups is 2. The van der Waals surface area contributed by atoms with E-state index in [0.717, 1.165) is 22.3 Å². The third kappa shape index (κ3) is 5.39. The maximum absolute atomic E-state index is 11.8. The van der Waals surface area contributed by atoms with Crippen LogP contribution < -0.4 is 5.32 Å². The first kappa shape index (κ1) is 18.0. The molecule has 0 unspecified atom stereocenters. The Morgan fingerprint density at radius 2 is 1.68 bits per heavy atom. The highest BCUT2D eigenvalue weighted by atomic mass is 16.6. The van der Waals surface area contributed by atoms with Crippen molar-refractivity contribution in [2.45, 2.75) is 59.6 Å². The topological polar surface area (TPSA) is 75.6 Å². The highest BCUT2D eigenvalue weighted by Crippen LogP contribution is 2.17. The van der Waals surface area contributed by atoms with E-state index in [9.17, 15) is 14.7 Å². The van der Waals surface area contributed by atoms with E-state index < -0.39 is 23.7 Å². The molecule has 1 aromatic carbocycles. The standard InChI is InChI=1S/C17H25NO4/c1-10-7-12(3)13(8-11(10)2)9-14(15(19)20)18-16(21)22-17(4,5)6/h7-8,14H,9H2,1-6H3,(H,18,21)(H,19,20)/t14-/m0/s1. The number of ether oxygens (including phenoxy) is 1. The molecular weight excluding hydrogens is 282 g/mol. The van der Waals surface area contributed by atoms with E-state index in [4.69, 9.17) is 4.74 Å². The second kappa shape index (κ2) is 6.81. The Labute approximate surface area is 131 Å². The molecule has 1 amide bonds. The maximum atomic E-state index is 11.8. The van der Waals surface area contributed by atoms with Crippen LogP contribution in [0.4, 0.5) is 4.79 Å². The number of carboxylic acid groups (broad SMARTS) is 1. The van der Waals surface area contributed by atoms with Gasteiger partial charge in [0.05, 0.1) is 0 Å². The van der Waals surface area contributed by atoms with Crippen LogP contribution in [-0.4, -0.2) is 28.8 Å². The number of rotatable bonds is 4. The Morgan fingerprint density at radius 1 is 1.14 bits per heavy atom. The van der Waals surface area contributed by atoms with Gasteiger partial charge < -0.3 is 15.2 Å².